The minimum absolute atomic E-state index is 0.0356. The Hall–Kier alpha value is -2.42. The van der Waals surface area contributed by atoms with Gasteiger partial charge in [0.15, 0.2) is 0 Å². The fourth-order valence-corrected chi connectivity index (χ4v) is 6.18. The maximum Gasteiger partial charge on any atom is 0.246 e. The highest BCUT2D eigenvalue weighted by Gasteiger charge is 2.30. The third kappa shape index (κ3) is 4.53. The highest BCUT2D eigenvalue weighted by Crippen LogP contribution is 2.34. The molecule has 0 radical (unpaired) electrons. The molecule has 2 aromatic rings. The lowest BCUT2D eigenvalue weighted by Gasteiger charge is -2.33. The normalized spacial score (nSPS) is 19.2. The van der Waals surface area contributed by atoms with Crippen LogP contribution in [0.1, 0.15) is 35.6 Å². The number of benzene rings is 2. The monoisotopic (exact) mass is 458 g/mol. The quantitative estimate of drug-likeness (QED) is 0.665. The molecule has 0 bridgehead atoms. The molecule has 1 atom stereocenters. The molecule has 7 nitrogen and oxygen atoms in total. The van der Waals surface area contributed by atoms with E-state index in [0.717, 1.165) is 19.3 Å². The van der Waals surface area contributed by atoms with Crippen LogP contribution in [0.25, 0.3) is 0 Å². The molecule has 1 aliphatic heterocycles. The number of carbonyl (C=O) groups excluding carboxylic acids is 1. The number of morpholine rings is 1. The lowest BCUT2D eigenvalue weighted by Crippen LogP contribution is -2.40. The number of methoxy groups -OCH3 is 1. The number of hydrogen-bond donors (Lipinski definition) is 0. The summed E-state index contributed by atoms with van der Waals surface area (Å²) in [6.07, 6.45) is 3.14. The van der Waals surface area contributed by atoms with Crippen molar-refractivity contribution in [3.8, 4) is 5.75 Å². The van der Waals surface area contributed by atoms with E-state index < -0.39 is 10.0 Å². The number of hydrogen-bond acceptors (Lipinski definition) is 5. The molecule has 1 fully saturated rings. The van der Waals surface area contributed by atoms with Crippen LogP contribution in [-0.2, 0) is 32.4 Å². The Balaban J connectivity index is 1.56. The average molecular weight is 459 g/mol. The summed E-state index contributed by atoms with van der Waals surface area (Å²) >= 11 is 0. The van der Waals surface area contributed by atoms with Gasteiger partial charge >= 0.3 is 0 Å². The first-order valence-corrected chi connectivity index (χ1v) is 12.4. The van der Waals surface area contributed by atoms with Gasteiger partial charge in [-0.1, -0.05) is 30.3 Å². The molecule has 0 N–H and O–H groups in total. The van der Waals surface area contributed by atoms with E-state index in [1.807, 2.05) is 19.2 Å². The molecule has 0 saturated carbocycles. The number of amides is 1. The third-order valence-corrected chi connectivity index (χ3v) is 8.29. The van der Waals surface area contributed by atoms with Crippen molar-refractivity contribution in [3.05, 3.63) is 59.2 Å². The van der Waals surface area contributed by atoms with E-state index in [-0.39, 0.29) is 29.0 Å². The molecule has 1 heterocycles. The summed E-state index contributed by atoms with van der Waals surface area (Å²) in [6.45, 7) is 1.34. The van der Waals surface area contributed by atoms with Gasteiger partial charge in [-0.25, -0.2) is 8.42 Å². The number of carbonyl (C=O) groups is 1. The smallest absolute Gasteiger partial charge is 0.246 e. The predicted octanol–water partition coefficient (Wildman–Crippen LogP) is 2.79. The maximum atomic E-state index is 13.2. The van der Waals surface area contributed by atoms with Crippen LogP contribution < -0.4 is 4.74 Å². The molecule has 1 aliphatic carbocycles. The summed E-state index contributed by atoms with van der Waals surface area (Å²) in [6, 6.07) is 13.3. The minimum atomic E-state index is -3.74. The Labute approximate surface area is 190 Å². The van der Waals surface area contributed by atoms with E-state index in [0.29, 0.717) is 31.9 Å². The average Bonchev–Trinajstić information content (AvgIpc) is 2.83. The number of rotatable bonds is 6. The first-order chi connectivity index (χ1) is 15.4. The highest BCUT2D eigenvalue weighted by molar-refractivity contribution is 7.89. The van der Waals surface area contributed by atoms with Crippen LogP contribution in [0.2, 0.25) is 0 Å². The molecule has 1 saturated heterocycles. The zero-order valence-electron chi connectivity index (χ0n) is 18.6. The van der Waals surface area contributed by atoms with Gasteiger partial charge in [0.05, 0.1) is 32.8 Å². The van der Waals surface area contributed by atoms with Gasteiger partial charge in [-0.3, -0.25) is 4.79 Å². The minimum Gasteiger partial charge on any atom is -0.495 e. The summed E-state index contributed by atoms with van der Waals surface area (Å²) in [5.41, 5.74) is 3.16. The van der Waals surface area contributed by atoms with E-state index in [9.17, 15) is 13.2 Å². The van der Waals surface area contributed by atoms with Crippen molar-refractivity contribution in [2.24, 2.45) is 0 Å². The largest absolute Gasteiger partial charge is 0.495 e. The van der Waals surface area contributed by atoms with Gasteiger partial charge in [-0.2, -0.15) is 4.31 Å². The van der Waals surface area contributed by atoms with E-state index in [1.165, 1.54) is 22.5 Å². The van der Waals surface area contributed by atoms with Crippen LogP contribution in [0.4, 0.5) is 0 Å². The van der Waals surface area contributed by atoms with Crippen LogP contribution in [0.3, 0.4) is 0 Å². The second-order valence-corrected chi connectivity index (χ2v) is 10.2. The van der Waals surface area contributed by atoms with Crippen LogP contribution in [0.15, 0.2) is 47.4 Å². The molecule has 172 valence electrons. The van der Waals surface area contributed by atoms with E-state index in [1.54, 1.807) is 23.1 Å². The summed E-state index contributed by atoms with van der Waals surface area (Å²) in [5, 5.41) is 0. The Morgan fingerprint density at radius 1 is 1.19 bits per heavy atom. The maximum absolute atomic E-state index is 13.2. The van der Waals surface area contributed by atoms with Crippen LogP contribution >= 0.6 is 0 Å². The molecule has 1 amide bonds. The second kappa shape index (κ2) is 9.60. The van der Waals surface area contributed by atoms with E-state index in [4.69, 9.17) is 9.47 Å². The molecule has 32 heavy (non-hydrogen) atoms. The Kier molecular flexibility index (Phi) is 6.83. The summed E-state index contributed by atoms with van der Waals surface area (Å²) in [4.78, 5) is 15.1. The first-order valence-electron chi connectivity index (χ1n) is 11.0. The van der Waals surface area contributed by atoms with Gasteiger partial charge in [-0.05, 0) is 48.1 Å². The van der Waals surface area contributed by atoms with Crippen LogP contribution in [0.5, 0.6) is 5.75 Å². The molecule has 8 heteroatoms. The second-order valence-electron chi connectivity index (χ2n) is 8.29. The molecule has 2 aliphatic rings. The molecular weight excluding hydrogens is 428 g/mol. The van der Waals surface area contributed by atoms with Gasteiger partial charge in [-0.15, -0.1) is 0 Å². The number of ether oxygens (including phenoxy) is 2. The van der Waals surface area contributed by atoms with Crippen LogP contribution in [0, 0.1) is 0 Å². The van der Waals surface area contributed by atoms with Gasteiger partial charge in [0.25, 0.3) is 0 Å². The van der Waals surface area contributed by atoms with Gasteiger partial charge in [0.2, 0.25) is 15.9 Å². The van der Waals surface area contributed by atoms with Crippen molar-refractivity contribution in [2.75, 3.05) is 40.5 Å². The lowest BCUT2D eigenvalue weighted by molar-refractivity contribution is -0.131. The number of aryl methyl sites for hydroxylation is 1. The van der Waals surface area contributed by atoms with Crippen molar-refractivity contribution >= 4 is 15.9 Å². The number of sulfonamides is 1. The predicted molar refractivity (Wildman–Crippen MR) is 121 cm³/mol. The third-order valence-electron chi connectivity index (χ3n) is 6.37. The molecule has 1 unspecified atom stereocenters. The SMILES string of the molecule is COc1ccc(CC(=O)N(C)C2CCCc3ccccc32)cc1S(=O)(=O)N1CCOCC1. The first kappa shape index (κ1) is 22.8. The van der Waals surface area contributed by atoms with Crippen molar-refractivity contribution in [1.82, 2.24) is 9.21 Å². The summed E-state index contributed by atoms with van der Waals surface area (Å²) < 4.78 is 38.5. The zero-order valence-corrected chi connectivity index (χ0v) is 19.4. The van der Waals surface area contributed by atoms with Gasteiger partial charge in [0, 0.05) is 20.1 Å². The Morgan fingerprint density at radius 2 is 1.94 bits per heavy atom. The van der Waals surface area contributed by atoms with E-state index >= 15 is 0 Å². The van der Waals surface area contributed by atoms with Crippen molar-refractivity contribution in [1.29, 1.82) is 0 Å². The molecule has 0 aromatic heterocycles. The van der Waals surface area contributed by atoms with Crippen molar-refractivity contribution < 1.29 is 22.7 Å². The fraction of sp³-hybridized carbons (Fsp3) is 0.458. The van der Waals surface area contributed by atoms with E-state index in [2.05, 4.69) is 12.1 Å². The highest BCUT2D eigenvalue weighted by atomic mass is 32.2. The molecular formula is C24H30N2O5S. The number of nitrogens with zero attached hydrogens (tertiary/aromatic N) is 2. The number of fused-ring (bicyclic) bond motifs is 1. The van der Waals surface area contributed by atoms with Crippen molar-refractivity contribution in [2.45, 2.75) is 36.6 Å². The van der Waals surface area contributed by atoms with Crippen LogP contribution in [-0.4, -0.2) is 64.0 Å². The Bertz CT molecular complexity index is 1080. The molecule has 2 aromatic carbocycles. The fourth-order valence-electron chi connectivity index (χ4n) is 4.56. The number of likely N-dealkylation sites (N-methyl/N-ethyl adjacent to an activating group) is 1. The topological polar surface area (TPSA) is 76.2 Å². The van der Waals surface area contributed by atoms with Crippen molar-refractivity contribution in [3.63, 3.8) is 0 Å². The molecule has 4 rings (SSSR count). The van der Waals surface area contributed by atoms with Gasteiger partial charge in [0.1, 0.15) is 10.6 Å². The Morgan fingerprint density at radius 3 is 2.69 bits per heavy atom. The zero-order chi connectivity index (χ0) is 22.7. The molecule has 0 spiro atoms. The van der Waals surface area contributed by atoms with Gasteiger partial charge < -0.3 is 14.4 Å². The lowest BCUT2D eigenvalue weighted by atomic mass is 9.87. The standard InChI is InChI=1S/C24H30N2O5S/c1-25(21-9-5-7-19-6-3-4-8-20(19)21)24(27)17-18-10-11-22(30-2)23(16-18)32(28,29)26-12-14-31-15-13-26/h3-4,6,8,10-11,16,21H,5,7,9,12-15,17H2,1-2H3. The summed E-state index contributed by atoms with van der Waals surface area (Å²) in [5.74, 6) is 0.244. The summed E-state index contributed by atoms with van der Waals surface area (Å²) in [7, 11) is -0.452.